The molecule has 2 aromatic carbocycles. The quantitative estimate of drug-likeness (QED) is 0.195. The number of carbonyl (C=O) groups excluding carboxylic acids is 1. The van der Waals surface area contributed by atoms with Crippen LogP contribution in [0.3, 0.4) is 0 Å². The summed E-state index contributed by atoms with van der Waals surface area (Å²) >= 11 is 3.35. The second kappa shape index (κ2) is 12.6. The van der Waals surface area contributed by atoms with Gasteiger partial charge >= 0.3 is 5.97 Å². The van der Waals surface area contributed by atoms with E-state index in [1.807, 2.05) is 6.07 Å². The van der Waals surface area contributed by atoms with Crippen molar-refractivity contribution in [2.75, 3.05) is 34.5 Å². The average molecular weight is 675 g/mol. The van der Waals surface area contributed by atoms with E-state index in [2.05, 4.69) is 33.5 Å². The van der Waals surface area contributed by atoms with Gasteiger partial charge in [-0.3, -0.25) is 9.36 Å². The Hall–Kier alpha value is -3.76. The third-order valence-corrected chi connectivity index (χ3v) is 7.89. The van der Waals surface area contributed by atoms with Crippen molar-refractivity contribution in [2.45, 2.75) is 19.9 Å². The molecule has 1 atom stereocenters. The Balaban J connectivity index is 1.95. The van der Waals surface area contributed by atoms with Gasteiger partial charge in [-0.2, -0.15) is 0 Å². The number of methoxy groups -OCH3 is 3. The van der Waals surface area contributed by atoms with E-state index in [9.17, 15) is 9.59 Å². The van der Waals surface area contributed by atoms with Crippen molar-refractivity contribution in [1.29, 1.82) is 0 Å². The van der Waals surface area contributed by atoms with Gasteiger partial charge in [-0.05, 0) is 72.3 Å². The van der Waals surface area contributed by atoms with E-state index in [-0.39, 0.29) is 24.3 Å². The van der Waals surface area contributed by atoms with Gasteiger partial charge in [-0.1, -0.05) is 17.3 Å². The van der Waals surface area contributed by atoms with Crippen molar-refractivity contribution in [1.82, 2.24) is 4.57 Å². The summed E-state index contributed by atoms with van der Waals surface area (Å²) in [5.74, 6) is 3.94. The molecule has 208 valence electrons. The van der Waals surface area contributed by atoms with Crippen LogP contribution in [0.5, 0.6) is 23.0 Å². The van der Waals surface area contributed by atoms with Crippen LogP contribution < -0.4 is 33.8 Å². The number of thiazole rings is 1. The maximum Gasteiger partial charge on any atom is 0.338 e. The number of esters is 1. The van der Waals surface area contributed by atoms with Gasteiger partial charge in [-0.15, -0.1) is 6.42 Å². The van der Waals surface area contributed by atoms with Gasteiger partial charge in [0, 0.05) is 11.6 Å². The van der Waals surface area contributed by atoms with E-state index in [0.29, 0.717) is 43.6 Å². The summed E-state index contributed by atoms with van der Waals surface area (Å²) in [7, 11) is 4.61. The summed E-state index contributed by atoms with van der Waals surface area (Å²) in [4.78, 5) is 32.2. The number of nitrogens with zero attached hydrogens (tertiary/aromatic N) is 2. The predicted molar refractivity (Wildman–Crippen MR) is 160 cm³/mol. The lowest BCUT2D eigenvalue weighted by atomic mass is 9.95. The van der Waals surface area contributed by atoms with Crippen LogP contribution >= 0.6 is 33.9 Å². The van der Waals surface area contributed by atoms with E-state index in [1.54, 1.807) is 51.3 Å². The first-order valence-corrected chi connectivity index (χ1v) is 14.0. The number of carbonyl (C=O) groups is 1. The molecule has 11 heteroatoms. The molecule has 0 aliphatic carbocycles. The predicted octanol–water partition coefficient (Wildman–Crippen LogP) is 3.44. The summed E-state index contributed by atoms with van der Waals surface area (Å²) in [5.41, 5.74) is 1.72. The minimum absolute atomic E-state index is 0.0985. The first-order valence-electron chi connectivity index (χ1n) is 12.1. The van der Waals surface area contributed by atoms with Crippen LogP contribution in [0.15, 0.2) is 51.4 Å². The molecule has 40 heavy (non-hydrogen) atoms. The molecule has 0 N–H and O–H groups in total. The van der Waals surface area contributed by atoms with E-state index < -0.39 is 12.0 Å². The molecule has 9 nitrogen and oxygen atoms in total. The molecule has 0 spiro atoms. The lowest BCUT2D eigenvalue weighted by Gasteiger charge is -2.26. The summed E-state index contributed by atoms with van der Waals surface area (Å²) < 4.78 is 30.2. The normalized spacial score (nSPS) is 14.6. The summed E-state index contributed by atoms with van der Waals surface area (Å²) in [5, 5.41) is 0. The third-order valence-electron chi connectivity index (χ3n) is 6.10. The van der Waals surface area contributed by atoms with Crippen molar-refractivity contribution in [3.63, 3.8) is 0 Å². The van der Waals surface area contributed by atoms with Gasteiger partial charge in [0.2, 0.25) is 0 Å². The number of hydrogen-bond donors (Lipinski definition) is 0. The first kappa shape index (κ1) is 29.2. The average Bonchev–Trinajstić information content (AvgIpc) is 3.24. The third kappa shape index (κ3) is 5.59. The van der Waals surface area contributed by atoms with Gasteiger partial charge in [0.05, 0.1) is 47.3 Å². The van der Waals surface area contributed by atoms with Gasteiger partial charge in [-0.25, -0.2) is 9.79 Å². The summed E-state index contributed by atoms with van der Waals surface area (Å²) in [6, 6.07) is 8.05. The van der Waals surface area contributed by atoms with E-state index >= 15 is 0 Å². The lowest BCUT2D eigenvalue weighted by Crippen LogP contribution is -2.40. The second-order valence-electron chi connectivity index (χ2n) is 8.44. The smallest absolute Gasteiger partial charge is 0.338 e. The van der Waals surface area contributed by atoms with Crippen LogP contribution in [0.1, 0.15) is 31.0 Å². The molecule has 2 heterocycles. The fourth-order valence-electron chi connectivity index (χ4n) is 4.36. The molecule has 0 unspecified atom stereocenters. The van der Waals surface area contributed by atoms with Gasteiger partial charge < -0.3 is 23.7 Å². The fourth-order valence-corrected chi connectivity index (χ4v) is 6.19. The highest BCUT2D eigenvalue weighted by Gasteiger charge is 2.35. The number of ether oxygens (including phenoxy) is 5. The Labute approximate surface area is 248 Å². The van der Waals surface area contributed by atoms with Crippen LogP contribution in [0, 0.1) is 15.9 Å². The van der Waals surface area contributed by atoms with Crippen LogP contribution in [-0.4, -0.2) is 45.1 Å². The topological polar surface area (TPSA) is 97.6 Å². The van der Waals surface area contributed by atoms with Crippen molar-refractivity contribution in [2.24, 2.45) is 4.99 Å². The van der Waals surface area contributed by atoms with E-state index in [4.69, 9.17) is 30.1 Å². The lowest BCUT2D eigenvalue weighted by molar-refractivity contribution is -0.139. The van der Waals surface area contributed by atoms with Gasteiger partial charge in [0.15, 0.2) is 16.3 Å². The molecule has 0 radical (unpaired) electrons. The van der Waals surface area contributed by atoms with Crippen LogP contribution in [-0.2, 0) is 9.53 Å². The highest BCUT2D eigenvalue weighted by atomic mass is 127. The zero-order valence-electron chi connectivity index (χ0n) is 22.6. The Morgan fingerprint density at radius 1 is 1.18 bits per heavy atom. The van der Waals surface area contributed by atoms with E-state index in [0.717, 1.165) is 9.13 Å². The molecule has 1 aromatic heterocycles. The highest BCUT2D eigenvalue weighted by molar-refractivity contribution is 14.1. The van der Waals surface area contributed by atoms with Crippen molar-refractivity contribution in [3.05, 3.63) is 76.0 Å². The standard InChI is InChI=1S/C29H27IN2O7S/c1-7-11-39-26-20(30)12-17(13-22(26)37-6)14-23-27(33)32-25(19-10-9-18(35-4)15-21(19)36-5)24(28(34)38-8-2)16(3)31-29(32)40-23/h1,9-10,12-15,25H,8,11H2,2-6H3/b23-14-/t25-/m0/s1. The molecule has 0 saturated heterocycles. The maximum absolute atomic E-state index is 14.0. The number of halogens is 1. The second-order valence-corrected chi connectivity index (χ2v) is 10.6. The Bertz CT molecular complexity index is 1720. The molecule has 4 rings (SSSR count). The summed E-state index contributed by atoms with van der Waals surface area (Å²) in [6.45, 7) is 3.73. The molecule has 1 aliphatic heterocycles. The number of allylic oxidation sites excluding steroid dienone is 1. The van der Waals surface area contributed by atoms with Crippen LogP contribution in [0.25, 0.3) is 6.08 Å². The fraction of sp³-hybridized carbons (Fsp3) is 0.276. The Morgan fingerprint density at radius 2 is 1.93 bits per heavy atom. The highest BCUT2D eigenvalue weighted by Crippen LogP contribution is 2.38. The number of aromatic nitrogens is 1. The van der Waals surface area contributed by atoms with Crippen molar-refractivity contribution in [3.8, 4) is 35.3 Å². The molecular formula is C29H27IN2O7S. The summed E-state index contributed by atoms with van der Waals surface area (Å²) in [6.07, 6.45) is 7.10. The maximum atomic E-state index is 14.0. The van der Waals surface area contributed by atoms with E-state index in [1.165, 1.54) is 30.1 Å². The Kier molecular flexibility index (Phi) is 9.21. The molecule has 0 amide bonds. The number of fused-ring (bicyclic) bond motifs is 1. The molecule has 0 bridgehead atoms. The van der Waals surface area contributed by atoms with Gasteiger partial charge in [0.1, 0.15) is 24.1 Å². The van der Waals surface area contributed by atoms with Crippen LogP contribution in [0.4, 0.5) is 0 Å². The van der Waals surface area contributed by atoms with Crippen LogP contribution in [0.2, 0.25) is 0 Å². The molecule has 0 fully saturated rings. The van der Waals surface area contributed by atoms with Crippen molar-refractivity contribution < 1.29 is 28.5 Å². The zero-order chi connectivity index (χ0) is 29.0. The number of hydrogen-bond acceptors (Lipinski definition) is 9. The monoisotopic (exact) mass is 674 g/mol. The number of rotatable bonds is 9. The molecular weight excluding hydrogens is 647 g/mol. The minimum Gasteiger partial charge on any atom is -0.497 e. The Morgan fingerprint density at radius 3 is 2.58 bits per heavy atom. The van der Waals surface area contributed by atoms with Gasteiger partial charge in [0.25, 0.3) is 5.56 Å². The first-order chi connectivity index (χ1) is 19.3. The number of terminal acetylenes is 1. The zero-order valence-corrected chi connectivity index (χ0v) is 25.5. The molecule has 0 saturated carbocycles. The minimum atomic E-state index is -0.826. The SMILES string of the molecule is C#CCOc1c(I)cc(/C=c2\sc3n(c2=O)[C@@H](c2ccc(OC)cc2OC)C(C(=O)OCC)=C(C)N=3)cc1OC. The number of benzene rings is 2. The largest absolute Gasteiger partial charge is 0.497 e. The molecule has 1 aliphatic rings. The molecule has 3 aromatic rings. The van der Waals surface area contributed by atoms with Crippen molar-refractivity contribution >= 4 is 46.0 Å².